The summed E-state index contributed by atoms with van der Waals surface area (Å²) in [5.41, 5.74) is -1.25. The smallest absolute Gasteiger partial charge is 0.394 e. The van der Waals surface area contributed by atoms with Crippen LogP contribution in [-0.2, 0) is 28.0 Å². The second-order valence-electron chi connectivity index (χ2n) is 4.53. The van der Waals surface area contributed by atoms with E-state index in [1.807, 2.05) is 0 Å². The molecule has 0 unspecified atom stereocenters. The van der Waals surface area contributed by atoms with E-state index in [9.17, 15) is 21.6 Å². The molecule has 0 radical (unpaired) electrons. The van der Waals surface area contributed by atoms with E-state index in [1.54, 1.807) is 0 Å². The van der Waals surface area contributed by atoms with Crippen molar-refractivity contribution in [2.24, 2.45) is 7.05 Å². The Bertz CT molecular complexity index is 608. The number of aliphatic hydroxyl groups excluding tert-OH is 1. The molecule has 2 heterocycles. The van der Waals surface area contributed by atoms with Crippen molar-refractivity contribution in [3.63, 3.8) is 0 Å². The average molecular weight is 329 g/mol. The zero-order chi connectivity index (χ0) is 15.8. The normalized spacial score (nSPS) is 18.0. The molecule has 21 heavy (non-hydrogen) atoms. The molecule has 1 N–H and O–H groups in total. The summed E-state index contributed by atoms with van der Waals surface area (Å²) in [6, 6.07) is 0.511. The number of ether oxygens (including phenoxy) is 1. The van der Waals surface area contributed by atoms with E-state index in [1.165, 1.54) is 0 Å². The number of halogens is 3. The molecular formula is C10H14F3N3O4S. The highest BCUT2D eigenvalue weighted by molar-refractivity contribution is 7.89. The maximum atomic E-state index is 12.5. The molecule has 1 aromatic heterocycles. The van der Waals surface area contributed by atoms with Gasteiger partial charge in [-0.05, 0) is 0 Å². The van der Waals surface area contributed by atoms with Gasteiger partial charge in [0.05, 0.1) is 19.3 Å². The lowest BCUT2D eigenvalue weighted by molar-refractivity contribution is -0.141. The maximum absolute atomic E-state index is 12.5. The molecule has 1 aromatic rings. The predicted octanol–water partition coefficient (Wildman–Crippen LogP) is -0.179. The molecule has 0 amide bonds. The van der Waals surface area contributed by atoms with E-state index in [-0.39, 0.29) is 32.4 Å². The first-order valence-electron chi connectivity index (χ1n) is 6.00. The Balaban J connectivity index is 2.13. The van der Waals surface area contributed by atoms with Crippen LogP contribution in [0, 0.1) is 0 Å². The fourth-order valence-corrected chi connectivity index (χ4v) is 3.51. The first kappa shape index (κ1) is 16.2. The second-order valence-corrected chi connectivity index (χ2v) is 6.41. The van der Waals surface area contributed by atoms with Crippen LogP contribution in [-0.4, -0.2) is 60.0 Å². The van der Waals surface area contributed by atoms with Crippen molar-refractivity contribution in [2.75, 3.05) is 26.3 Å². The zero-order valence-electron chi connectivity index (χ0n) is 11.0. The molecule has 11 heteroatoms. The van der Waals surface area contributed by atoms with E-state index in [2.05, 4.69) is 5.10 Å². The minimum absolute atomic E-state index is 0.0366. The van der Waals surface area contributed by atoms with E-state index in [0.717, 1.165) is 11.4 Å². The summed E-state index contributed by atoms with van der Waals surface area (Å²) in [6.45, 7) is -0.0217. The molecule has 1 aliphatic rings. The molecule has 0 aliphatic carbocycles. The minimum Gasteiger partial charge on any atom is -0.394 e. The Morgan fingerprint density at radius 1 is 1.48 bits per heavy atom. The minimum atomic E-state index is -4.70. The van der Waals surface area contributed by atoms with Crippen LogP contribution in [0.3, 0.4) is 0 Å². The number of aryl methyl sites for hydroxylation is 1. The van der Waals surface area contributed by atoms with Crippen LogP contribution >= 0.6 is 0 Å². The lowest BCUT2D eigenvalue weighted by Gasteiger charge is -2.37. The van der Waals surface area contributed by atoms with Gasteiger partial charge in [-0.1, -0.05) is 0 Å². The van der Waals surface area contributed by atoms with Crippen LogP contribution in [0.5, 0.6) is 0 Å². The third kappa shape index (κ3) is 3.20. The summed E-state index contributed by atoms with van der Waals surface area (Å²) in [5.74, 6) is 0. The fraction of sp³-hybridized carbons (Fsp3) is 0.700. The molecule has 0 atom stereocenters. The average Bonchev–Trinajstić information content (AvgIpc) is 2.69. The molecule has 0 aromatic carbocycles. The van der Waals surface area contributed by atoms with Crippen molar-refractivity contribution in [3.8, 4) is 0 Å². The van der Waals surface area contributed by atoms with Gasteiger partial charge in [0.1, 0.15) is 0 Å². The summed E-state index contributed by atoms with van der Waals surface area (Å²) in [7, 11) is -2.90. The highest BCUT2D eigenvalue weighted by Gasteiger charge is 2.41. The number of hydrogen-bond donors (Lipinski definition) is 1. The topological polar surface area (TPSA) is 84.7 Å². The Labute approximate surface area is 119 Å². The molecule has 120 valence electrons. The van der Waals surface area contributed by atoms with E-state index < -0.39 is 26.9 Å². The number of hydrogen-bond acceptors (Lipinski definition) is 5. The van der Waals surface area contributed by atoms with Gasteiger partial charge in [-0.25, -0.2) is 8.42 Å². The third-order valence-electron chi connectivity index (χ3n) is 2.99. The Kier molecular flexibility index (Phi) is 4.29. The van der Waals surface area contributed by atoms with Gasteiger partial charge in [0, 0.05) is 26.2 Å². The molecule has 1 saturated heterocycles. The highest BCUT2D eigenvalue weighted by atomic mass is 32.2. The Morgan fingerprint density at radius 2 is 2.10 bits per heavy atom. The summed E-state index contributed by atoms with van der Waals surface area (Å²) in [6.07, 6.45) is -5.06. The fourth-order valence-electron chi connectivity index (χ4n) is 1.88. The van der Waals surface area contributed by atoms with Crippen LogP contribution in [0.4, 0.5) is 13.2 Å². The van der Waals surface area contributed by atoms with Crippen LogP contribution < -0.4 is 0 Å². The van der Waals surface area contributed by atoms with Crippen molar-refractivity contribution in [1.82, 2.24) is 14.1 Å². The number of nitrogens with zero attached hydrogens (tertiary/aromatic N) is 3. The van der Waals surface area contributed by atoms with Crippen molar-refractivity contribution < 1.29 is 31.4 Å². The zero-order valence-corrected chi connectivity index (χ0v) is 11.9. The molecular weight excluding hydrogens is 315 g/mol. The van der Waals surface area contributed by atoms with Gasteiger partial charge >= 0.3 is 6.18 Å². The third-order valence-corrected chi connectivity index (χ3v) is 4.88. The molecule has 0 saturated carbocycles. The Hall–Kier alpha value is -1.17. The summed E-state index contributed by atoms with van der Waals surface area (Å²) in [5, 5.41) is 11.2. The van der Waals surface area contributed by atoms with Gasteiger partial charge in [0.2, 0.25) is 0 Å². The van der Waals surface area contributed by atoms with Gasteiger partial charge in [-0.3, -0.25) is 4.68 Å². The Morgan fingerprint density at radius 3 is 2.57 bits per heavy atom. The van der Waals surface area contributed by atoms with Gasteiger partial charge in [-0.15, -0.1) is 0 Å². The molecule has 1 aliphatic heterocycles. The van der Waals surface area contributed by atoms with E-state index in [4.69, 9.17) is 9.84 Å². The first-order valence-corrected chi connectivity index (χ1v) is 7.44. The number of sulfonamides is 1. The predicted molar refractivity (Wildman–Crippen MR) is 63.8 cm³/mol. The lowest BCUT2D eigenvalue weighted by atomic mass is 10.2. The van der Waals surface area contributed by atoms with Crippen LogP contribution in [0.15, 0.2) is 11.1 Å². The maximum Gasteiger partial charge on any atom is 0.435 e. The summed E-state index contributed by atoms with van der Waals surface area (Å²) >= 11 is 0. The second kappa shape index (κ2) is 5.55. The highest BCUT2D eigenvalue weighted by Crippen LogP contribution is 2.31. The standard InChI is InChI=1S/C10H14F3N3O4S/c1-15-9(4-8(14-15)10(11,12)13)21(18,19)16-5-7(6-16)20-3-2-17/h4,7,17H,2-3,5-6H2,1H3. The largest absolute Gasteiger partial charge is 0.435 e. The van der Waals surface area contributed by atoms with E-state index in [0.29, 0.717) is 10.7 Å². The van der Waals surface area contributed by atoms with Crippen LogP contribution in [0.2, 0.25) is 0 Å². The van der Waals surface area contributed by atoms with E-state index >= 15 is 0 Å². The number of rotatable bonds is 5. The molecule has 7 nitrogen and oxygen atoms in total. The molecule has 0 bridgehead atoms. The molecule has 2 rings (SSSR count). The number of aliphatic hydroxyl groups is 1. The molecule has 1 fully saturated rings. The molecule has 0 spiro atoms. The van der Waals surface area contributed by atoms with Gasteiger partial charge in [0.25, 0.3) is 10.0 Å². The number of alkyl halides is 3. The van der Waals surface area contributed by atoms with Gasteiger partial charge in [-0.2, -0.15) is 22.6 Å². The quantitative estimate of drug-likeness (QED) is 0.810. The first-order chi connectivity index (χ1) is 9.66. The van der Waals surface area contributed by atoms with Crippen molar-refractivity contribution in [2.45, 2.75) is 17.3 Å². The van der Waals surface area contributed by atoms with Crippen LogP contribution in [0.1, 0.15) is 5.69 Å². The van der Waals surface area contributed by atoms with Crippen molar-refractivity contribution in [3.05, 3.63) is 11.8 Å². The van der Waals surface area contributed by atoms with Gasteiger partial charge < -0.3 is 9.84 Å². The van der Waals surface area contributed by atoms with Crippen molar-refractivity contribution in [1.29, 1.82) is 0 Å². The number of aromatic nitrogens is 2. The summed E-state index contributed by atoms with van der Waals surface area (Å²) < 4.78 is 68.8. The lowest BCUT2D eigenvalue weighted by Crippen LogP contribution is -2.55. The van der Waals surface area contributed by atoms with Crippen LogP contribution in [0.25, 0.3) is 0 Å². The van der Waals surface area contributed by atoms with Gasteiger partial charge in [0.15, 0.2) is 10.7 Å². The van der Waals surface area contributed by atoms with Crippen molar-refractivity contribution >= 4 is 10.0 Å². The monoisotopic (exact) mass is 329 g/mol. The summed E-state index contributed by atoms with van der Waals surface area (Å²) in [4.78, 5) is 0. The SMILES string of the molecule is Cn1nc(C(F)(F)F)cc1S(=O)(=O)N1CC(OCCO)C1.